The number of halogens is 1. The molecular weight excluding hydrogens is 431 g/mol. The van der Waals surface area contributed by atoms with Crippen LogP contribution < -0.4 is 16.4 Å². The smallest absolute Gasteiger partial charge is 0.252 e. The third kappa shape index (κ3) is 5.42. The van der Waals surface area contributed by atoms with Gasteiger partial charge in [-0.3, -0.25) is 9.59 Å². The van der Waals surface area contributed by atoms with Crippen molar-refractivity contribution in [3.63, 3.8) is 0 Å². The molecule has 34 heavy (non-hydrogen) atoms. The zero-order valence-electron chi connectivity index (χ0n) is 19.4. The highest BCUT2D eigenvalue weighted by Gasteiger charge is 2.26. The molecule has 178 valence electrons. The summed E-state index contributed by atoms with van der Waals surface area (Å²) < 4.78 is 14.1. The maximum Gasteiger partial charge on any atom is 0.252 e. The lowest BCUT2D eigenvalue weighted by molar-refractivity contribution is -0.117. The van der Waals surface area contributed by atoms with Gasteiger partial charge in [-0.05, 0) is 37.8 Å². The van der Waals surface area contributed by atoms with Gasteiger partial charge in [0.1, 0.15) is 5.82 Å². The van der Waals surface area contributed by atoms with Crippen molar-refractivity contribution in [1.29, 1.82) is 0 Å². The van der Waals surface area contributed by atoms with Gasteiger partial charge in [0.15, 0.2) is 0 Å². The first kappa shape index (κ1) is 23.8. The minimum absolute atomic E-state index is 0.0167. The van der Waals surface area contributed by atoms with E-state index in [2.05, 4.69) is 17.6 Å². The van der Waals surface area contributed by atoms with E-state index in [1.807, 2.05) is 30.3 Å². The Bertz CT molecular complexity index is 1180. The standard InChI is InChI=1S/C27H31FN4O2/c1-17(18-8-4-2-5-9-18)31-27(34)25-21-13-12-20(28)14-23(21)32-26(19-10-6-3-7-11-19)22(25)15-30-16-24(29)33/h3,6-7,10-14,17-18,30H,2,4-5,8-9,15-16H2,1H3,(H2,29,33)(H,31,34)/t17-/m0/s1. The molecule has 0 spiro atoms. The fourth-order valence-corrected chi connectivity index (χ4v) is 4.89. The van der Waals surface area contributed by atoms with E-state index in [-0.39, 0.29) is 25.0 Å². The summed E-state index contributed by atoms with van der Waals surface area (Å²) in [7, 11) is 0. The summed E-state index contributed by atoms with van der Waals surface area (Å²) >= 11 is 0. The molecule has 1 saturated carbocycles. The quantitative estimate of drug-likeness (QED) is 0.465. The number of benzene rings is 2. The molecule has 0 unspecified atom stereocenters. The maximum atomic E-state index is 14.1. The number of rotatable bonds is 8. The molecule has 0 bridgehead atoms. The van der Waals surface area contributed by atoms with Crippen molar-refractivity contribution >= 4 is 22.7 Å². The molecular formula is C27H31FN4O2. The molecule has 1 atom stereocenters. The first-order valence-corrected chi connectivity index (χ1v) is 11.9. The van der Waals surface area contributed by atoms with Crippen LogP contribution in [0.25, 0.3) is 22.2 Å². The van der Waals surface area contributed by atoms with Crippen molar-refractivity contribution < 1.29 is 14.0 Å². The van der Waals surface area contributed by atoms with Crippen molar-refractivity contribution in [3.8, 4) is 11.3 Å². The average Bonchev–Trinajstić information content (AvgIpc) is 2.84. The molecule has 0 aliphatic heterocycles. The lowest BCUT2D eigenvalue weighted by atomic mass is 9.84. The fraction of sp³-hybridized carbons (Fsp3) is 0.370. The monoisotopic (exact) mass is 462 g/mol. The number of carbonyl (C=O) groups excluding carboxylic acids is 2. The molecule has 7 heteroatoms. The van der Waals surface area contributed by atoms with Crippen LogP contribution in [0.3, 0.4) is 0 Å². The number of primary amides is 1. The van der Waals surface area contributed by atoms with Gasteiger partial charge in [-0.25, -0.2) is 9.37 Å². The minimum atomic E-state index is -0.492. The first-order valence-electron chi connectivity index (χ1n) is 11.9. The Morgan fingerprint density at radius 1 is 1.12 bits per heavy atom. The van der Waals surface area contributed by atoms with E-state index in [9.17, 15) is 14.0 Å². The Kier molecular flexibility index (Phi) is 7.53. The summed E-state index contributed by atoms with van der Waals surface area (Å²) in [6.07, 6.45) is 5.82. The second kappa shape index (κ2) is 10.7. The predicted molar refractivity (Wildman–Crippen MR) is 132 cm³/mol. The van der Waals surface area contributed by atoms with Crippen LogP contribution in [0.5, 0.6) is 0 Å². The first-order chi connectivity index (χ1) is 16.4. The Balaban J connectivity index is 1.82. The summed E-state index contributed by atoms with van der Waals surface area (Å²) in [6, 6.07) is 13.8. The highest BCUT2D eigenvalue weighted by molar-refractivity contribution is 6.09. The number of aromatic nitrogens is 1. The van der Waals surface area contributed by atoms with Crippen molar-refractivity contribution in [2.45, 2.75) is 51.6 Å². The van der Waals surface area contributed by atoms with Gasteiger partial charge in [-0.2, -0.15) is 0 Å². The van der Waals surface area contributed by atoms with Crippen LogP contribution in [0.1, 0.15) is 54.9 Å². The predicted octanol–water partition coefficient (Wildman–Crippen LogP) is 4.31. The molecule has 2 amide bonds. The molecule has 4 rings (SSSR count). The van der Waals surface area contributed by atoms with Gasteiger partial charge in [0.2, 0.25) is 5.91 Å². The van der Waals surface area contributed by atoms with Gasteiger partial charge in [0.25, 0.3) is 5.91 Å². The Morgan fingerprint density at radius 2 is 1.85 bits per heavy atom. The van der Waals surface area contributed by atoms with Gasteiger partial charge in [0, 0.05) is 35.2 Å². The molecule has 0 saturated heterocycles. The third-order valence-electron chi connectivity index (χ3n) is 6.64. The number of nitrogens with one attached hydrogen (secondary N) is 2. The number of nitrogens with two attached hydrogens (primary N) is 1. The van der Waals surface area contributed by atoms with Crippen LogP contribution in [-0.4, -0.2) is 29.4 Å². The van der Waals surface area contributed by atoms with Crippen molar-refractivity contribution in [2.75, 3.05) is 6.54 Å². The van der Waals surface area contributed by atoms with E-state index in [0.29, 0.717) is 33.6 Å². The molecule has 1 aliphatic rings. The number of carbonyl (C=O) groups is 2. The SMILES string of the molecule is C[C@H](NC(=O)c1c(CNCC(N)=O)c(-c2ccccc2)nc2cc(F)ccc12)C1CCCCC1. The average molecular weight is 463 g/mol. The van der Waals surface area contributed by atoms with Crippen molar-refractivity contribution in [2.24, 2.45) is 11.7 Å². The molecule has 1 fully saturated rings. The van der Waals surface area contributed by atoms with Crippen LogP contribution in [-0.2, 0) is 11.3 Å². The van der Waals surface area contributed by atoms with Crippen LogP contribution in [0, 0.1) is 11.7 Å². The third-order valence-corrected chi connectivity index (χ3v) is 6.64. The molecule has 6 nitrogen and oxygen atoms in total. The largest absolute Gasteiger partial charge is 0.369 e. The molecule has 1 heterocycles. The number of hydrogen-bond donors (Lipinski definition) is 3. The number of pyridine rings is 1. The van der Waals surface area contributed by atoms with E-state index in [4.69, 9.17) is 10.7 Å². The Morgan fingerprint density at radius 3 is 2.56 bits per heavy atom. The topological polar surface area (TPSA) is 97.1 Å². The van der Waals surface area contributed by atoms with E-state index < -0.39 is 11.7 Å². The number of fused-ring (bicyclic) bond motifs is 1. The van der Waals surface area contributed by atoms with Crippen LogP contribution in [0.4, 0.5) is 4.39 Å². The minimum Gasteiger partial charge on any atom is -0.369 e. The molecule has 3 aromatic rings. The van der Waals surface area contributed by atoms with Crippen LogP contribution in [0.15, 0.2) is 48.5 Å². The van der Waals surface area contributed by atoms with E-state index in [1.54, 1.807) is 6.07 Å². The van der Waals surface area contributed by atoms with E-state index >= 15 is 0 Å². The van der Waals surface area contributed by atoms with E-state index in [0.717, 1.165) is 18.4 Å². The van der Waals surface area contributed by atoms with Crippen molar-refractivity contribution in [3.05, 3.63) is 65.5 Å². The second-order valence-corrected chi connectivity index (χ2v) is 9.07. The van der Waals surface area contributed by atoms with Crippen LogP contribution >= 0.6 is 0 Å². The summed E-state index contributed by atoms with van der Waals surface area (Å²) in [4.78, 5) is 29.8. The van der Waals surface area contributed by atoms with Crippen LogP contribution in [0.2, 0.25) is 0 Å². The number of hydrogen-bond acceptors (Lipinski definition) is 4. The summed E-state index contributed by atoms with van der Waals surface area (Å²) in [6.45, 7) is 2.24. The fourth-order valence-electron chi connectivity index (χ4n) is 4.89. The lowest BCUT2D eigenvalue weighted by Gasteiger charge is -2.29. The maximum absolute atomic E-state index is 14.1. The molecule has 0 radical (unpaired) electrons. The van der Waals surface area contributed by atoms with Crippen molar-refractivity contribution in [1.82, 2.24) is 15.6 Å². The Hall–Kier alpha value is -3.32. The zero-order chi connectivity index (χ0) is 24.1. The summed E-state index contributed by atoms with van der Waals surface area (Å²) in [5.41, 5.74) is 8.21. The molecule has 1 aromatic heterocycles. The van der Waals surface area contributed by atoms with Gasteiger partial charge in [-0.15, -0.1) is 0 Å². The zero-order valence-corrected chi connectivity index (χ0v) is 19.4. The number of nitrogens with zero attached hydrogens (tertiary/aromatic N) is 1. The van der Waals surface area contributed by atoms with Gasteiger partial charge in [0.05, 0.1) is 23.3 Å². The summed E-state index contributed by atoms with van der Waals surface area (Å²) in [5.74, 6) is -0.687. The molecule has 1 aliphatic carbocycles. The highest BCUT2D eigenvalue weighted by atomic mass is 19.1. The molecule has 2 aromatic carbocycles. The lowest BCUT2D eigenvalue weighted by Crippen LogP contribution is -2.39. The van der Waals surface area contributed by atoms with Gasteiger partial charge in [-0.1, -0.05) is 49.6 Å². The highest BCUT2D eigenvalue weighted by Crippen LogP contribution is 2.32. The Labute approximate surface area is 199 Å². The van der Waals surface area contributed by atoms with E-state index in [1.165, 1.54) is 31.4 Å². The number of amides is 2. The van der Waals surface area contributed by atoms with Gasteiger partial charge >= 0.3 is 0 Å². The second-order valence-electron chi connectivity index (χ2n) is 9.07. The summed E-state index contributed by atoms with van der Waals surface area (Å²) in [5, 5.41) is 6.82. The normalized spacial score (nSPS) is 15.2. The molecule has 4 N–H and O–H groups in total. The van der Waals surface area contributed by atoms with Gasteiger partial charge < -0.3 is 16.4 Å².